The van der Waals surface area contributed by atoms with Crippen LogP contribution in [-0.2, 0) is 25.3 Å². The van der Waals surface area contributed by atoms with Crippen molar-refractivity contribution in [3.8, 4) is 6.07 Å². The molecule has 0 unspecified atom stereocenters. The highest BCUT2D eigenvalue weighted by Crippen LogP contribution is 2.64. The number of allylic oxidation sites excluding steroid dienone is 1. The zero-order valence-corrected chi connectivity index (χ0v) is 24.6. The molecule has 3 aliphatic carbocycles. The van der Waals surface area contributed by atoms with Gasteiger partial charge in [0, 0.05) is 13.0 Å². The number of carbonyl (C=O) groups is 2. The third kappa shape index (κ3) is 5.66. The zero-order valence-electron chi connectivity index (χ0n) is 24.6. The van der Waals surface area contributed by atoms with Gasteiger partial charge in [0.1, 0.15) is 17.7 Å². The molecule has 40 heavy (non-hydrogen) atoms. The van der Waals surface area contributed by atoms with Crippen LogP contribution >= 0.6 is 0 Å². The fourth-order valence-corrected chi connectivity index (χ4v) is 7.09. The number of benzene rings is 1. The molecule has 3 saturated carbocycles. The Balaban J connectivity index is 1.24. The first kappa shape index (κ1) is 28.7. The summed E-state index contributed by atoms with van der Waals surface area (Å²) in [6.07, 6.45) is 3.87. The lowest BCUT2D eigenvalue weighted by atomic mass is 9.45. The van der Waals surface area contributed by atoms with E-state index in [0.29, 0.717) is 31.2 Å². The second-order valence-electron chi connectivity index (χ2n) is 14.0. The van der Waals surface area contributed by atoms with Gasteiger partial charge >= 0.3 is 13.2 Å². The SMILES string of the molecule is CC(C)(C)/C=C(\C#N)C(=O)N1CC[C@H](OC(=O)N[C@@H](Cc2ccccc2)B2O[C@H]3[C@H]4C[C@@H](C[C@@]3(C)O2)C4(C)C)C1. The van der Waals surface area contributed by atoms with E-state index < -0.39 is 25.3 Å². The van der Waals surface area contributed by atoms with E-state index in [1.165, 1.54) is 0 Å². The minimum Gasteiger partial charge on any atom is -0.444 e. The van der Waals surface area contributed by atoms with Crippen LogP contribution in [0.15, 0.2) is 42.0 Å². The smallest absolute Gasteiger partial charge is 0.444 e. The molecule has 2 heterocycles. The normalized spacial score (nSPS) is 31.6. The Hall–Kier alpha value is -2.83. The van der Waals surface area contributed by atoms with E-state index in [1.807, 2.05) is 57.2 Å². The lowest BCUT2D eigenvalue weighted by Crippen LogP contribution is -2.63. The number of hydrogen-bond acceptors (Lipinski definition) is 6. The van der Waals surface area contributed by atoms with E-state index in [0.717, 1.165) is 18.4 Å². The summed E-state index contributed by atoms with van der Waals surface area (Å²) >= 11 is 0. The van der Waals surface area contributed by atoms with Crippen LogP contribution in [0, 0.1) is 34.0 Å². The maximum Gasteiger partial charge on any atom is 0.482 e. The first-order valence-corrected chi connectivity index (χ1v) is 14.6. The Bertz CT molecular complexity index is 1210. The summed E-state index contributed by atoms with van der Waals surface area (Å²) in [4.78, 5) is 27.7. The van der Waals surface area contributed by atoms with Crippen molar-refractivity contribution in [2.24, 2.45) is 22.7 Å². The van der Waals surface area contributed by atoms with E-state index in [4.69, 9.17) is 14.0 Å². The Morgan fingerprint density at radius 3 is 2.65 bits per heavy atom. The summed E-state index contributed by atoms with van der Waals surface area (Å²) in [7, 11) is -0.583. The molecule has 1 aromatic carbocycles. The maximum absolute atomic E-state index is 13.2. The molecule has 8 nitrogen and oxygen atoms in total. The Morgan fingerprint density at radius 2 is 2.00 bits per heavy atom. The predicted molar refractivity (Wildman–Crippen MR) is 152 cm³/mol. The summed E-state index contributed by atoms with van der Waals surface area (Å²) in [5.41, 5.74) is 0.769. The molecular formula is C31H42BN3O5. The van der Waals surface area contributed by atoms with Crippen LogP contribution in [0.1, 0.15) is 66.4 Å². The Morgan fingerprint density at radius 1 is 1.27 bits per heavy atom. The van der Waals surface area contributed by atoms with Crippen LogP contribution in [0.3, 0.4) is 0 Å². The summed E-state index contributed by atoms with van der Waals surface area (Å²) in [6.45, 7) is 13.3. The number of nitrogens with zero attached hydrogens (tertiary/aromatic N) is 2. The molecule has 0 aromatic heterocycles. The zero-order chi connectivity index (χ0) is 28.9. The first-order valence-electron chi connectivity index (χ1n) is 14.6. The monoisotopic (exact) mass is 547 g/mol. The Labute approximate surface area is 238 Å². The van der Waals surface area contributed by atoms with E-state index >= 15 is 0 Å². The highest BCUT2D eigenvalue weighted by Gasteiger charge is 2.67. The maximum atomic E-state index is 13.2. The number of ether oxygens (including phenoxy) is 1. The van der Waals surface area contributed by atoms with Crippen molar-refractivity contribution in [3.05, 3.63) is 47.5 Å². The van der Waals surface area contributed by atoms with E-state index in [1.54, 1.807) is 11.0 Å². The van der Waals surface area contributed by atoms with Gasteiger partial charge in [-0.15, -0.1) is 0 Å². The molecule has 9 heteroatoms. The third-order valence-electron chi connectivity index (χ3n) is 9.40. The van der Waals surface area contributed by atoms with Gasteiger partial charge in [0.25, 0.3) is 5.91 Å². The highest BCUT2D eigenvalue weighted by atomic mass is 16.7. The van der Waals surface area contributed by atoms with Crippen molar-refractivity contribution in [2.75, 3.05) is 13.1 Å². The second-order valence-corrected chi connectivity index (χ2v) is 14.0. The van der Waals surface area contributed by atoms with Gasteiger partial charge in [-0.2, -0.15) is 5.26 Å². The third-order valence-corrected chi connectivity index (χ3v) is 9.40. The van der Waals surface area contributed by atoms with E-state index in [9.17, 15) is 14.9 Å². The van der Waals surface area contributed by atoms with Crippen LogP contribution in [0.2, 0.25) is 0 Å². The highest BCUT2D eigenvalue weighted by molar-refractivity contribution is 6.47. The van der Waals surface area contributed by atoms with Crippen LogP contribution in [0.4, 0.5) is 4.79 Å². The molecule has 2 saturated heterocycles. The van der Waals surface area contributed by atoms with Gasteiger partial charge in [-0.05, 0) is 54.4 Å². The molecule has 5 aliphatic rings. The van der Waals surface area contributed by atoms with Gasteiger partial charge in [-0.3, -0.25) is 4.79 Å². The van der Waals surface area contributed by atoms with Gasteiger partial charge in [0.15, 0.2) is 0 Å². The molecule has 214 valence electrons. The molecule has 0 radical (unpaired) electrons. The molecule has 2 amide bonds. The number of likely N-dealkylation sites (tertiary alicyclic amines) is 1. The number of nitrogens with one attached hydrogen (secondary N) is 1. The van der Waals surface area contributed by atoms with Crippen molar-refractivity contribution in [1.82, 2.24) is 10.2 Å². The van der Waals surface area contributed by atoms with Gasteiger partial charge in [-0.1, -0.05) is 71.0 Å². The number of alkyl carbamates (subject to hydrolysis) is 1. The molecule has 6 atom stereocenters. The van der Waals surface area contributed by atoms with Crippen molar-refractivity contribution >= 4 is 19.1 Å². The second kappa shape index (κ2) is 10.5. The van der Waals surface area contributed by atoms with Crippen molar-refractivity contribution < 1.29 is 23.6 Å². The fourth-order valence-electron chi connectivity index (χ4n) is 7.09. The number of carbonyl (C=O) groups excluding carboxylic acids is 2. The van der Waals surface area contributed by atoms with Gasteiger partial charge in [0.2, 0.25) is 0 Å². The largest absolute Gasteiger partial charge is 0.482 e. The predicted octanol–water partition coefficient (Wildman–Crippen LogP) is 4.69. The van der Waals surface area contributed by atoms with Crippen molar-refractivity contribution in [3.63, 3.8) is 0 Å². The van der Waals surface area contributed by atoms with E-state index in [-0.39, 0.29) is 40.6 Å². The standard InChI is InChI=1S/C31H42BN3O5/c1-29(2,3)16-21(18-33)27(36)35-13-12-23(19-35)38-28(37)34-25(14-20-10-8-7-9-11-20)32-39-26-24-15-22(30(24,4)5)17-31(26,6)40-32/h7-11,16,22-26H,12-15,17,19H2,1-6H3,(H,34,37)/b21-16+/t22-,23-,24+,25-,26-,31+/m0/s1. The van der Waals surface area contributed by atoms with E-state index in [2.05, 4.69) is 26.1 Å². The van der Waals surface area contributed by atoms with Crippen LogP contribution < -0.4 is 5.32 Å². The summed E-state index contributed by atoms with van der Waals surface area (Å²) in [5.74, 6) is 0.310. The van der Waals surface area contributed by atoms with Crippen LogP contribution in [0.25, 0.3) is 0 Å². The number of hydrogen-bond donors (Lipinski definition) is 1. The minimum absolute atomic E-state index is 0.00141. The number of nitriles is 1. The van der Waals surface area contributed by atoms with Crippen molar-refractivity contribution in [2.45, 2.75) is 91.0 Å². The first-order chi connectivity index (χ1) is 18.8. The molecule has 1 N–H and O–H groups in total. The molecule has 6 rings (SSSR count). The van der Waals surface area contributed by atoms with Gasteiger partial charge < -0.3 is 24.3 Å². The lowest BCUT2D eigenvalue weighted by molar-refractivity contribution is -0.185. The summed E-state index contributed by atoms with van der Waals surface area (Å²) in [5, 5.41) is 12.6. The number of rotatable bonds is 6. The molecule has 1 aromatic rings. The van der Waals surface area contributed by atoms with Gasteiger partial charge in [-0.25, -0.2) is 4.79 Å². The van der Waals surface area contributed by atoms with Gasteiger partial charge in [0.05, 0.1) is 24.2 Å². The summed E-state index contributed by atoms with van der Waals surface area (Å²) in [6, 6.07) is 12.0. The average molecular weight is 548 g/mol. The van der Waals surface area contributed by atoms with Crippen molar-refractivity contribution in [1.29, 1.82) is 5.26 Å². The fraction of sp³-hybridized carbons (Fsp3) is 0.645. The molecule has 0 spiro atoms. The number of amides is 2. The van der Waals surface area contributed by atoms with Crippen LogP contribution in [-0.4, -0.2) is 60.9 Å². The van der Waals surface area contributed by atoms with Crippen LogP contribution in [0.5, 0.6) is 0 Å². The minimum atomic E-state index is -0.583. The Kier molecular flexibility index (Phi) is 7.56. The average Bonchev–Trinajstić information content (AvgIpc) is 3.50. The molecule has 2 aliphatic heterocycles. The molecule has 5 fully saturated rings. The summed E-state index contributed by atoms with van der Waals surface area (Å²) < 4.78 is 19.0. The molecular weight excluding hydrogens is 505 g/mol. The quantitative estimate of drug-likeness (QED) is 0.315. The topological polar surface area (TPSA) is 101 Å². The lowest BCUT2D eigenvalue weighted by Gasteiger charge is -2.63. The molecule has 2 bridgehead atoms.